The highest BCUT2D eigenvalue weighted by Crippen LogP contribution is 2.56. The third kappa shape index (κ3) is 2.56. The summed E-state index contributed by atoms with van der Waals surface area (Å²) in [5.41, 5.74) is 0.447. The van der Waals surface area contributed by atoms with Crippen molar-refractivity contribution in [1.29, 1.82) is 0 Å². The van der Waals surface area contributed by atoms with E-state index in [0.717, 1.165) is 25.7 Å². The maximum atomic E-state index is 11.7. The number of rotatable bonds is 4. The van der Waals surface area contributed by atoms with Gasteiger partial charge in [0.2, 0.25) is 0 Å². The maximum absolute atomic E-state index is 11.7. The highest BCUT2D eigenvalue weighted by molar-refractivity contribution is 5.90. The molecule has 2 heterocycles. The lowest BCUT2D eigenvalue weighted by Crippen LogP contribution is -2.28. The summed E-state index contributed by atoms with van der Waals surface area (Å²) in [6.45, 7) is 9.38. The van der Waals surface area contributed by atoms with Crippen LogP contribution in [-0.2, 0) is 23.8 Å². The van der Waals surface area contributed by atoms with Crippen LogP contribution < -0.4 is 0 Å². The van der Waals surface area contributed by atoms with Crippen molar-refractivity contribution in [3.63, 3.8) is 0 Å². The Morgan fingerprint density at radius 1 is 1.50 bits per heavy atom. The lowest BCUT2D eigenvalue weighted by Gasteiger charge is -2.23. The van der Waals surface area contributed by atoms with Crippen LogP contribution >= 0.6 is 0 Å². The summed E-state index contributed by atoms with van der Waals surface area (Å²) in [7, 11) is 0. The van der Waals surface area contributed by atoms with Crippen molar-refractivity contribution in [3.8, 4) is 0 Å². The van der Waals surface area contributed by atoms with E-state index in [0.29, 0.717) is 11.5 Å². The third-order valence-corrected chi connectivity index (χ3v) is 5.46. The summed E-state index contributed by atoms with van der Waals surface area (Å²) < 4.78 is 16.7. The number of hydrogen-bond donors (Lipinski definition) is 0. The average molecular weight is 308 g/mol. The van der Waals surface area contributed by atoms with Crippen LogP contribution in [0.3, 0.4) is 0 Å². The molecular weight excluding hydrogens is 284 g/mol. The Morgan fingerprint density at radius 3 is 2.91 bits per heavy atom. The molecule has 0 radical (unpaired) electrons. The smallest absolute Gasteiger partial charge is 0.334 e. The van der Waals surface area contributed by atoms with Crippen molar-refractivity contribution in [2.75, 3.05) is 0 Å². The minimum absolute atomic E-state index is 0.0471. The summed E-state index contributed by atoms with van der Waals surface area (Å²) in [5, 5.41) is 0. The summed E-state index contributed by atoms with van der Waals surface area (Å²) in [4.78, 5) is 22.7. The van der Waals surface area contributed by atoms with E-state index in [1.54, 1.807) is 0 Å². The maximum Gasteiger partial charge on any atom is 0.334 e. The van der Waals surface area contributed by atoms with E-state index in [1.165, 1.54) is 6.92 Å². The standard InChI is InChI=1S/C17H24O5/c1-9-7-14-13(11(3)16(19)21-14)8-15-17(9,22-15)6-5-10(2)20-12(4)18/h9-10,13-15H,3,5-8H2,1-2,4H3/t9-,10?,13+,14+,15+,17-/m0/s1. The van der Waals surface area contributed by atoms with E-state index >= 15 is 0 Å². The topological polar surface area (TPSA) is 65.1 Å². The van der Waals surface area contributed by atoms with Crippen molar-refractivity contribution in [2.24, 2.45) is 11.8 Å². The predicted octanol–water partition coefficient (Wildman–Crippen LogP) is 2.38. The van der Waals surface area contributed by atoms with Crippen LogP contribution in [0, 0.1) is 11.8 Å². The fraction of sp³-hybridized carbons (Fsp3) is 0.765. The van der Waals surface area contributed by atoms with Gasteiger partial charge in [-0.3, -0.25) is 4.79 Å². The van der Waals surface area contributed by atoms with Crippen LogP contribution in [-0.4, -0.2) is 35.9 Å². The Morgan fingerprint density at radius 2 is 2.23 bits per heavy atom. The number of hydrogen-bond acceptors (Lipinski definition) is 5. The summed E-state index contributed by atoms with van der Waals surface area (Å²) in [6, 6.07) is 0. The van der Waals surface area contributed by atoms with Gasteiger partial charge in [-0.05, 0) is 38.5 Å². The molecule has 5 heteroatoms. The highest BCUT2D eigenvalue weighted by Gasteiger charge is 2.63. The minimum Gasteiger partial charge on any atom is -0.463 e. The van der Waals surface area contributed by atoms with Crippen molar-refractivity contribution < 1.29 is 23.8 Å². The first-order valence-corrected chi connectivity index (χ1v) is 8.08. The number of ether oxygens (including phenoxy) is 3. The second-order valence-electron chi connectivity index (χ2n) is 6.97. The fourth-order valence-electron chi connectivity index (χ4n) is 4.11. The molecule has 5 nitrogen and oxygen atoms in total. The molecule has 2 aliphatic heterocycles. The molecule has 3 rings (SSSR count). The molecule has 22 heavy (non-hydrogen) atoms. The van der Waals surface area contributed by atoms with Crippen LogP contribution in [0.15, 0.2) is 12.2 Å². The lowest BCUT2D eigenvalue weighted by molar-refractivity contribution is -0.146. The van der Waals surface area contributed by atoms with Gasteiger partial charge in [-0.15, -0.1) is 0 Å². The zero-order chi connectivity index (χ0) is 16.1. The Bertz CT molecular complexity index is 513. The molecule has 1 unspecified atom stereocenters. The number of carbonyl (C=O) groups is 2. The van der Waals surface area contributed by atoms with E-state index < -0.39 is 0 Å². The molecule has 3 aliphatic rings. The molecular formula is C17H24O5. The van der Waals surface area contributed by atoms with E-state index in [1.807, 2.05) is 6.92 Å². The van der Waals surface area contributed by atoms with E-state index in [-0.39, 0.29) is 41.8 Å². The number of esters is 2. The Labute approximate surface area is 131 Å². The van der Waals surface area contributed by atoms with Crippen molar-refractivity contribution in [2.45, 2.75) is 70.4 Å². The normalized spacial score (nSPS) is 41.0. The molecule has 0 spiro atoms. The molecule has 0 aromatic carbocycles. The molecule has 0 bridgehead atoms. The Hall–Kier alpha value is -1.36. The molecule has 6 atom stereocenters. The first-order chi connectivity index (χ1) is 10.3. The molecule has 0 aromatic rings. The molecule has 2 saturated heterocycles. The quantitative estimate of drug-likeness (QED) is 0.453. The fourth-order valence-corrected chi connectivity index (χ4v) is 4.11. The van der Waals surface area contributed by atoms with Crippen LogP contribution in [0.1, 0.15) is 46.5 Å². The van der Waals surface area contributed by atoms with Gasteiger partial charge in [-0.1, -0.05) is 13.5 Å². The molecule has 0 aromatic heterocycles. The number of fused-ring (bicyclic) bond motifs is 2. The second kappa shape index (κ2) is 5.37. The van der Waals surface area contributed by atoms with Crippen LogP contribution in [0.25, 0.3) is 0 Å². The molecule has 0 amide bonds. The van der Waals surface area contributed by atoms with Gasteiger partial charge in [0.1, 0.15) is 6.10 Å². The van der Waals surface area contributed by atoms with Gasteiger partial charge >= 0.3 is 11.9 Å². The van der Waals surface area contributed by atoms with Crippen molar-refractivity contribution in [3.05, 3.63) is 12.2 Å². The molecule has 122 valence electrons. The SMILES string of the molecule is C=C1C(=O)O[C@@H]2C[C@H](C)[C@]3(CCC(C)OC(C)=O)O[C@@H]3C[C@H]12. The van der Waals surface area contributed by atoms with Gasteiger partial charge in [0.25, 0.3) is 0 Å². The Kier molecular flexibility index (Phi) is 3.79. The minimum atomic E-state index is -0.251. The summed E-state index contributed by atoms with van der Waals surface area (Å²) in [6.07, 6.45) is 3.29. The molecule has 1 saturated carbocycles. The predicted molar refractivity (Wildman–Crippen MR) is 79.0 cm³/mol. The van der Waals surface area contributed by atoms with Crippen molar-refractivity contribution in [1.82, 2.24) is 0 Å². The zero-order valence-electron chi connectivity index (χ0n) is 13.5. The van der Waals surface area contributed by atoms with E-state index in [4.69, 9.17) is 14.2 Å². The first kappa shape index (κ1) is 15.5. The average Bonchev–Trinajstić information content (AvgIpc) is 3.09. The van der Waals surface area contributed by atoms with Crippen LogP contribution in [0.2, 0.25) is 0 Å². The van der Waals surface area contributed by atoms with Gasteiger partial charge in [-0.25, -0.2) is 4.79 Å². The van der Waals surface area contributed by atoms with Gasteiger partial charge in [0.15, 0.2) is 0 Å². The lowest BCUT2D eigenvalue weighted by atomic mass is 9.84. The highest BCUT2D eigenvalue weighted by atomic mass is 16.6. The van der Waals surface area contributed by atoms with Gasteiger partial charge < -0.3 is 14.2 Å². The van der Waals surface area contributed by atoms with Crippen molar-refractivity contribution >= 4 is 11.9 Å². The van der Waals surface area contributed by atoms with Gasteiger partial charge in [-0.2, -0.15) is 0 Å². The van der Waals surface area contributed by atoms with Gasteiger partial charge in [0, 0.05) is 18.4 Å². The van der Waals surface area contributed by atoms with Crippen LogP contribution in [0.4, 0.5) is 0 Å². The third-order valence-electron chi connectivity index (χ3n) is 5.46. The number of carbonyl (C=O) groups excluding carboxylic acids is 2. The largest absolute Gasteiger partial charge is 0.463 e. The summed E-state index contributed by atoms with van der Waals surface area (Å²) >= 11 is 0. The molecule has 3 fully saturated rings. The number of epoxide rings is 1. The van der Waals surface area contributed by atoms with Gasteiger partial charge in [0.05, 0.1) is 17.8 Å². The van der Waals surface area contributed by atoms with E-state index in [9.17, 15) is 9.59 Å². The first-order valence-electron chi connectivity index (χ1n) is 8.08. The monoisotopic (exact) mass is 308 g/mol. The molecule has 0 N–H and O–H groups in total. The van der Waals surface area contributed by atoms with E-state index in [2.05, 4.69) is 13.5 Å². The zero-order valence-corrected chi connectivity index (χ0v) is 13.5. The summed E-state index contributed by atoms with van der Waals surface area (Å²) in [5.74, 6) is -0.0882. The second-order valence-corrected chi connectivity index (χ2v) is 6.97. The Balaban J connectivity index is 1.64. The van der Waals surface area contributed by atoms with Crippen LogP contribution in [0.5, 0.6) is 0 Å². The molecule has 1 aliphatic carbocycles.